The average molecular weight is 223 g/mol. The molecule has 0 amide bonds. The van der Waals surface area contributed by atoms with Gasteiger partial charge in [0.2, 0.25) is 0 Å². The van der Waals surface area contributed by atoms with Gasteiger partial charge in [0, 0.05) is 0 Å². The van der Waals surface area contributed by atoms with Crippen molar-refractivity contribution in [3.05, 3.63) is 0 Å². The van der Waals surface area contributed by atoms with Gasteiger partial charge in [0.1, 0.15) is 0 Å². The summed E-state index contributed by atoms with van der Waals surface area (Å²) in [6.07, 6.45) is 0. The van der Waals surface area contributed by atoms with E-state index in [-0.39, 0.29) is 0 Å². The summed E-state index contributed by atoms with van der Waals surface area (Å²) in [5, 5.41) is 0. The molecule has 0 atom stereocenters. The summed E-state index contributed by atoms with van der Waals surface area (Å²) in [5.41, 5.74) is 0. The van der Waals surface area contributed by atoms with Crippen LogP contribution in [0, 0.1) is 0 Å². The van der Waals surface area contributed by atoms with Crippen molar-refractivity contribution in [1.29, 1.82) is 0 Å². The SMILES string of the molecule is CB1N(B(N(C)C)N(C)C)B(C)N(C)N1C. The largest absolute Gasteiger partial charge is 0.381 e. The van der Waals surface area contributed by atoms with Crippen molar-refractivity contribution in [1.82, 2.24) is 24.1 Å². The van der Waals surface area contributed by atoms with Crippen LogP contribution in [0.2, 0.25) is 13.6 Å². The lowest BCUT2D eigenvalue weighted by Crippen LogP contribution is -2.65. The van der Waals surface area contributed by atoms with Gasteiger partial charge in [-0.3, -0.25) is 9.84 Å². The molecule has 0 spiro atoms. The third-order valence-corrected chi connectivity index (χ3v) is 3.63. The Morgan fingerprint density at radius 2 is 1.12 bits per heavy atom. The van der Waals surface area contributed by atoms with Crippen LogP contribution in [0.5, 0.6) is 0 Å². The normalized spacial score (nSPS) is 20.6. The number of nitrogens with zero attached hydrogens (tertiary/aromatic N) is 5. The molecular formula is C8H24B3N5. The van der Waals surface area contributed by atoms with Crippen molar-refractivity contribution in [3.8, 4) is 0 Å². The molecular weight excluding hydrogens is 199 g/mol. The van der Waals surface area contributed by atoms with E-state index in [1.165, 1.54) is 0 Å². The summed E-state index contributed by atoms with van der Waals surface area (Å²) in [6, 6.07) is 0. The van der Waals surface area contributed by atoms with Gasteiger partial charge in [0.05, 0.1) is 0 Å². The lowest BCUT2D eigenvalue weighted by Gasteiger charge is -2.37. The standard InChI is InChI=1S/C8H24B3N5/c1-9-14(7)15(8)10(2)16(9)11(12(3)4)13(5)6/h1-8H3. The molecule has 0 radical (unpaired) electrons. The Bertz CT molecular complexity index is 218. The van der Waals surface area contributed by atoms with Gasteiger partial charge in [-0.2, -0.15) is 0 Å². The highest BCUT2D eigenvalue weighted by Gasteiger charge is 2.48. The van der Waals surface area contributed by atoms with Crippen molar-refractivity contribution < 1.29 is 0 Å². The zero-order valence-electron chi connectivity index (χ0n) is 12.0. The first-order valence-corrected chi connectivity index (χ1v) is 5.85. The monoisotopic (exact) mass is 223 g/mol. The Kier molecular flexibility index (Phi) is 4.48. The fourth-order valence-electron chi connectivity index (χ4n) is 2.61. The Labute approximate surface area is 102 Å². The molecule has 0 aromatic carbocycles. The Morgan fingerprint density at radius 3 is 1.38 bits per heavy atom. The molecule has 16 heavy (non-hydrogen) atoms. The van der Waals surface area contributed by atoms with Gasteiger partial charge in [0.15, 0.2) is 0 Å². The van der Waals surface area contributed by atoms with E-state index in [4.69, 9.17) is 0 Å². The molecule has 5 nitrogen and oxygen atoms in total. The number of hydrogen-bond donors (Lipinski definition) is 0. The quantitative estimate of drug-likeness (QED) is 0.593. The van der Waals surface area contributed by atoms with Crippen molar-refractivity contribution in [2.45, 2.75) is 13.6 Å². The second kappa shape index (κ2) is 5.10. The third kappa shape index (κ3) is 2.31. The second-order valence-corrected chi connectivity index (χ2v) is 5.13. The molecule has 0 aromatic heterocycles. The molecule has 1 aliphatic rings. The van der Waals surface area contributed by atoms with Gasteiger partial charge in [0.25, 0.3) is 0 Å². The van der Waals surface area contributed by atoms with Gasteiger partial charge in [-0.25, -0.2) is 0 Å². The third-order valence-electron chi connectivity index (χ3n) is 3.63. The summed E-state index contributed by atoms with van der Waals surface area (Å²) in [4.78, 5) is 9.06. The van der Waals surface area contributed by atoms with Crippen molar-refractivity contribution in [3.63, 3.8) is 0 Å². The van der Waals surface area contributed by atoms with E-state index in [0.29, 0.717) is 21.1 Å². The van der Waals surface area contributed by atoms with E-state index < -0.39 is 0 Å². The minimum Gasteiger partial charge on any atom is -0.368 e. The maximum Gasteiger partial charge on any atom is 0.381 e. The maximum absolute atomic E-state index is 2.50. The molecule has 0 saturated carbocycles. The van der Waals surface area contributed by atoms with Crippen LogP contribution in [0.1, 0.15) is 0 Å². The summed E-state index contributed by atoms with van der Waals surface area (Å²) < 4.78 is 2.50. The molecule has 0 bridgehead atoms. The van der Waals surface area contributed by atoms with Gasteiger partial charge < -0.3 is 14.3 Å². The lowest BCUT2D eigenvalue weighted by molar-refractivity contribution is 0.245. The molecule has 0 aromatic rings. The van der Waals surface area contributed by atoms with Crippen molar-refractivity contribution in [2.75, 3.05) is 42.3 Å². The predicted octanol–water partition coefficient (Wildman–Crippen LogP) is -0.575. The predicted molar refractivity (Wildman–Crippen MR) is 73.7 cm³/mol. The van der Waals surface area contributed by atoms with Crippen LogP contribution in [0.4, 0.5) is 0 Å². The number of hydrazine groups is 1. The molecule has 1 aliphatic heterocycles. The van der Waals surface area contributed by atoms with E-state index in [1.54, 1.807) is 0 Å². The number of rotatable bonds is 3. The molecule has 90 valence electrons. The van der Waals surface area contributed by atoms with Gasteiger partial charge in [-0.05, 0) is 42.3 Å². The zero-order valence-corrected chi connectivity index (χ0v) is 12.0. The fourth-order valence-corrected chi connectivity index (χ4v) is 2.61. The van der Waals surface area contributed by atoms with Crippen LogP contribution in [0.3, 0.4) is 0 Å². The Morgan fingerprint density at radius 1 is 0.812 bits per heavy atom. The molecule has 1 rings (SSSR count). The van der Waals surface area contributed by atoms with E-state index in [0.717, 1.165) is 0 Å². The van der Waals surface area contributed by atoms with Crippen molar-refractivity contribution in [2.24, 2.45) is 0 Å². The summed E-state index contributed by atoms with van der Waals surface area (Å²) in [7, 11) is 13.1. The molecule has 1 heterocycles. The molecule has 1 fully saturated rings. The highest BCUT2D eigenvalue weighted by atomic mass is 15.6. The van der Waals surface area contributed by atoms with Gasteiger partial charge in [-0.1, -0.05) is 13.6 Å². The highest BCUT2D eigenvalue weighted by molar-refractivity contribution is 6.85. The zero-order chi connectivity index (χ0) is 12.6. The number of hydrogen-bond acceptors (Lipinski definition) is 5. The first-order valence-electron chi connectivity index (χ1n) is 5.85. The smallest absolute Gasteiger partial charge is 0.368 e. The second-order valence-electron chi connectivity index (χ2n) is 5.13. The van der Waals surface area contributed by atoms with Crippen LogP contribution < -0.4 is 0 Å². The first-order chi connectivity index (χ1) is 7.29. The maximum atomic E-state index is 2.50. The van der Waals surface area contributed by atoms with E-state index in [1.807, 2.05) is 0 Å². The summed E-state index contributed by atoms with van der Waals surface area (Å²) in [6.45, 7) is 5.32. The van der Waals surface area contributed by atoms with Crippen LogP contribution in [-0.2, 0) is 0 Å². The van der Waals surface area contributed by atoms with Crippen LogP contribution in [0.25, 0.3) is 0 Å². The van der Waals surface area contributed by atoms with Gasteiger partial charge >= 0.3 is 21.1 Å². The van der Waals surface area contributed by atoms with Crippen LogP contribution >= 0.6 is 0 Å². The van der Waals surface area contributed by atoms with Crippen molar-refractivity contribution >= 4 is 21.1 Å². The molecule has 8 heteroatoms. The summed E-state index contributed by atoms with van der Waals surface area (Å²) in [5.74, 6) is 0. The molecule has 0 unspecified atom stereocenters. The Balaban J connectivity index is 2.93. The molecule has 0 N–H and O–H groups in total. The first kappa shape index (κ1) is 14.1. The minimum absolute atomic E-state index is 0.317. The topological polar surface area (TPSA) is 16.2 Å². The van der Waals surface area contributed by atoms with Gasteiger partial charge in [-0.15, -0.1) is 0 Å². The lowest BCUT2D eigenvalue weighted by atomic mass is 9.55. The van der Waals surface area contributed by atoms with E-state index in [2.05, 4.69) is 80.0 Å². The highest BCUT2D eigenvalue weighted by Crippen LogP contribution is 2.19. The molecule has 1 saturated heterocycles. The average Bonchev–Trinajstić information content (AvgIpc) is 2.34. The fraction of sp³-hybridized carbons (Fsp3) is 1.00. The minimum atomic E-state index is 0.317. The molecule has 0 aliphatic carbocycles. The van der Waals surface area contributed by atoms with E-state index in [9.17, 15) is 0 Å². The summed E-state index contributed by atoms with van der Waals surface area (Å²) >= 11 is 0. The van der Waals surface area contributed by atoms with E-state index >= 15 is 0 Å². The van der Waals surface area contributed by atoms with Crippen LogP contribution in [-0.4, -0.2) is 87.5 Å². The Hall–Kier alpha value is -0.00519. The van der Waals surface area contributed by atoms with Crippen LogP contribution in [0.15, 0.2) is 0 Å².